The van der Waals surface area contributed by atoms with Gasteiger partial charge in [-0.1, -0.05) is 36.8 Å². The van der Waals surface area contributed by atoms with Crippen molar-refractivity contribution in [2.45, 2.75) is 33.3 Å². The van der Waals surface area contributed by atoms with E-state index in [2.05, 4.69) is 17.2 Å². The lowest BCUT2D eigenvalue weighted by molar-refractivity contribution is -0.115. The number of aliphatic imine (C=N–C) groups is 1. The second-order valence-electron chi connectivity index (χ2n) is 6.22. The third-order valence-corrected chi connectivity index (χ3v) is 4.92. The summed E-state index contributed by atoms with van der Waals surface area (Å²) in [7, 11) is 0. The molecule has 2 aromatic rings. The van der Waals surface area contributed by atoms with Crippen LogP contribution in [0.2, 0.25) is 0 Å². The van der Waals surface area contributed by atoms with E-state index in [4.69, 9.17) is 4.74 Å². The average Bonchev–Trinajstić information content (AvgIpc) is 2.97. The van der Waals surface area contributed by atoms with Crippen LogP contribution in [0.4, 0.5) is 5.69 Å². The Morgan fingerprint density at radius 2 is 1.85 bits per heavy atom. The number of hydrogen-bond acceptors (Lipinski definition) is 4. The zero-order chi connectivity index (χ0) is 18.5. The van der Waals surface area contributed by atoms with E-state index in [9.17, 15) is 4.79 Å². The van der Waals surface area contributed by atoms with E-state index < -0.39 is 0 Å². The molecule has 1 atom stereocenters. The molecule has 0 saturated carbocycles. The van der Waals surface area contributed by atoms with Crippen LogP contribution in [0.1, 0.15) is 31.4 Å². The van der Waals surface area contributed by atoms with Crippen LogP contribution in [0.3, 0.4) is 0 Å². The monoisotopic (exact) mass is 366 g/mol. The zero-order valence-corrected chi connectivity index (χ0v) is 16.0. The molecule has 0 spiro atoms. The molecule has 1 aliphatic heterocycles. The minimum atomic E-state index is -0.124. The minimum Gasteiger partial charge on any atom is -0.491 e. The maximum absolute atomic E-state index is 12.2. The predicted molar refractivity (Wildman–Crippen MR) is 109 cm³/mol. The van der Waals surface area contributed by atoms with E-state index >= 15 is 0 Å². The van der Waals surface area contributed by atoms with Crippen LogP contribution >= 0.6 is 11.8 Å². The zero-order valence-electron chi connectivity index (χ0n) is 15.2. The van der Waals surface area contributed by atoms with Gasteiger partial charge in [0, 0.05) is 0 Å². The third kappa shape index (κ3) is 4.76. The minimum absolute atomic E-state index is 0.124. The molecule has 4 nitrogen and oxygen atoms in total. The summed E-state index contributed by atoms with van der Waals surface area (Å²) in [5.41, 5.74) is 2.96. The summed E-state index contributed by atoms with van der Waals surface area (Å²) in [6.45, 7) is 6.17. The Hall–Kier alpha value is -2.53. The van der Waals surface area contributed by atoms with Gasteiger partial charge in [0.05, 0.1) is 16.7 Å². The number of ether oxygens (including phenoxy) is 1. The molecule has 0 unspecified atom stereocenters. The molecule has 1 saturated heterocycles. The van der Waals surface area contributed by atoms with Crippen LogP contribution in [-0.2, 0) is 4.79 Å². The summed E-state index contributed by atoms with van der Waals surface area (Å²) in [4.78, 5) is 17.3. The first-order valence-electron chi connectivity index (χ1n) is 8.66. The molecule has 0 radical (unpaired) electrons. The first-order valence-corrected chi connectivity index (χ1v) is 9.48. The molecule has 26 heavy (non-hydrogen) atoms. The normalized spacial score (nSPS) is 18.2. The van der Waals surface area contributed by atoms with Gasteiger partial charge in [-0.2, -0.15) is 0 Å². The summed E-state index contributed by atoms with van der Waals surface area (Å²) in [6.07, 6.45) is 3.02. The van der Waals surface area contributed by atoms with Crippen LogP contribution in [0, 0.1) is 6.92 Å². The standard InChI is InChI=1S/C21H22N2O2S/c1-4-15(3)25-18-11-7-16(8-12-18)13-19-20(24)23-21(26-19)22-17-9-5-14(2)6-10-17/h5-13,15H,4H2,1-3H3,(H,22,23,24)/b19-13+/t15-/m0/s1. The van der Waals surface area contributed by atoms with E-state index in [1.165, 1.54) is 17.3 Å². The van der Waals surface area contributed by atoms with Crippen LogP contribution in [0.15, 0.2) is 58.4 Å². The van der Waals surface area contributed by atoms with E-state index in [-0.39, 0.29) is 12.0 Å². The van der Waals surface area contributed by atoms with E-state index in [0.29, 0.717) is 10.1 Å². The van der Waals surface area contributed by atoms with Crippen molar-refractivity contribution < 1.29 is 9.53 Å². The Morgan fingerprint density at radius 1 is 1.15 bits per heavy atom. The molecule has 1 aliphatic rings. The summed E-state index contributed by atoms with van der Waals surface area (Å²) in [6, 6.07) is 15.6. The molecule has 2 aromatic carbocycles. The molecule has 5 heteroatoms. The molecule has 1 heterocycles. The molecular weight excluding hydrogens is 344 g/mol. The van der Waals surface area contributed by atoms with Crippen LogP contribution in [0.5, 0.6) is 5.75 Å². The first-order chi connectivity index (χ1) is 12.5. The van der Waals surface area contributed by atoms with Crippen LogP contribution in [0.25, 0.3) is 6.08 Å². The molecule has 1 amide bonds. The number of amidine groups is 1. The molecule has 0 bridgehead atoms. The smallest absolute Gasteiger partial charge is 0.264 e. The highest BCUT2D eigenvalue weighted by atomic mass is 32.2. The van der Waals surface area contributed by atoms with Gasteiger partial charge < -0.3 is 10.1 Å². The number of amides is 1. The maximum Gasteiger partial charge on any atom is 0.264 e. The van der Waals surface area contributed by atoms with Gasteiger partial charge in [0.15, 0.2) is 5.17 Å². The van der Waals surface area contributed by atoms with Crippen molar-refractivity contribution >= 4 is 34.6 Å². The largest absolute Gasteiger partial charge is 0.491 e. The molecule has 0 aromatic heterocycles. The van der Waals surface area contributed by atoms with Crippen molar-refractivity contribution in [3.05, 3.63) is 64.6 Å². The quantitative estimate of drug-likeness (QED) is 0.752. The topological polar surface area (TPSA) is 50.7 Å². The number of nitrogens with zero attached hydrogens (tertiary/aromatic N) is 1. The Kier molecular flexibility index (Phi) is 5.78. The Morgan fingerprint density at radius 3 is 2.50 bits per heavy atom. The number of thioether (sulfide) groups is 1. The van der Waals surface area contributed by atoms with Crippen LogP contribution in [-0.4, -0.2) is 17.2 Å². The first kappa shape index (κ1) is 18.3. The summed E-state index contributed by atoms with van der Waals surface area (Å²) in [5, 5.41) is 3.41. The highest BCUT2D eigenvalue weighted by molar-refractivity contribution is 8.18. The molecule has 3 rings (SSSR count). The Balaban J connectivity index is 1.71. The average molecular weight is 366 g/mol. The van der Waals surface area contributed by atoms with Crippen molar-refractivity contribution in [2.24, 2.45) is 4.99 Å². The maximum atomic E-state index is 12.2. The van der Waals surface area contributed by atoms with E-state index in [1.807, 2.05) is 68.5 Å². The summed E-state index contributed by atoms with van der Waals surface area (Å²) < 4.78 is 5.78. The molecular formula is C21H22N2O2S. The molecule has 1 N–H and O–H groups in total. The van der Waals surface area contributed by atoms with Crippen molar-refractivity contribution in [1.82, 2.24) is 5.32 Å². The number of hydrogen-bond donors (Lipinski definition) is 1. The number of benzene rings is 2. The third-order valence-electron chi connectivity index (χ3n) is 4.01. The summed E-state index contributed by atoms with van der Waals surface area (Å²) in [5.74, 6) is 0.715. The second kappa shape index (κ2) is 8.23. The van der Waals surface area contributed by atoms with Crippen molar-refractivity contribution in [1.29, 1.82) is 0 Å². The van der Waals surface area contributed by atoms with Gasteiger partial charge in [-0.05, 0) is 67.9 Å². The number of aryl methyl sites for hydroxylation is 1. The highest BCUT2D eigenvalue weighted by Gasteiger charge is 2.23. The van der Waals surface area contributed by atoms with Gasteiger partial charge in [0.1, 0.15) is 5.75 Å². The number of carbonyl (C=O) groups is 1. The van der Waals surface area contributed by atoms with Gasteiger partial charge in [-0.15, -0.1) is 0 Å². The lowest BCUT2D eigenvalue weighted by Gasteiger charge is -2.12. The van der Waals surface area contributed by atoms with Crippen molar-refractivity contribution in [3.8, 4) is 5.75 Å². The van der Waals surface area contributed by atoms with Crippen molar-refractivity contribution in [2.75, 3.05) is 0 Å². The number of rotatable bonds is 5. The summed E-state index contributed by atoms with van der Waals surface area (Å²) >= 11 is 1.35. The fraction of sp³-hybridized carbons (Fsp3) is 0.238. The van der Waals surface area contributed by atoms with E-state index in [1.54, 1.807) is 0 Å². The predicted octanol–water partition coefficient (Wildman–Crippen LogP) is 5.06. The fourth-order valence-electron chi connectivity index (χ4n) is 2.33. The van der Waals surface area contributed by atoms with Gasteiger partial charge in [-0.25, -0.2) is 4.99 Å². The van der Waals surface area contributed by atoms with Crippen molar-refractivity contribution in [3.63, 3.8) is 0 Å². The van der Waals surface area contributed by atoms with Crippen LogP contribution < -0.4 is 10.1 Å². The SMILES string of the molecule is CC[C@H](C)Oc1ccc(/C=C2/SC(=Nc3ccc(C)cc3)NC2=O)cc1. The fourth-order valence-corrected chi connectivity index (χ4v) is 3.17. The second-order valence-corrected chi connectivity index (χ2v) is 7.25. The lowest BCUT2D eigenvalue weighted by Crippen LogP contribution is -2.19. The molecule has 1 fully saturated rings. The van der Waals surface area contributed by atoms with Gasteiger partial charge in [-0.3, -0.25) is 4.79 Å². The van der Waals surface area contributed by atoms with Gasteiger partial charge >= 0.3 is 0 Å². The Labute approximate surface area is 158 Å². The lowest BCUT2D eigenvalue weighted by atomic mass is 10.2. The van der Waals surface area contributed by atoms with E-state index in [0.717, 1.165) is 23.4 Å². The van der Waals surface area contributed by atoms with Gasteiger partial charge in [0.2, 0.25) is 0 Å². The number of carbonyl (C=O) groups excluding carboxylic acids is 1. The highest BCUT2D eigenvalue weighted by Crippen LogP contribution is 2.28. The van der Waals surface area contributed by atoms with Gasteiger partial charge in [0.25, 0.3) is 5.91 Å². The number of nitrogens with one attached hydrogen (secondary N) is 1. The molecule has 0 aliphatic carbocycles. The Bertz CT molecular complexity index is 839. The molecule has 134 valence electrons.